The van der Waals surface area contributed by atoms with Gasteiger partial charge in [-0.2, -0.15) is 0 Å². The van der Waals surface area contributed by atoms with Crippen LogP contribution in [0.1, 0.15) is 55.2 Å². The van der Waals surface area contributed by atoms with Crippen molar-refractivity contribution in [1.29, 1.82) is 0 Å². The van der Waals surface area contributed by atoms with Gasteiger partial charge in [0, 0.05) is 6.04 Å². The van der Waals surface area contributed by atoms with Gasteiger partial charge in [0.15, 0.2) is 5.11 Å². The van der Waals surface area contributed by atoms with Crippen LogP contribution in [0.2, 0.25) is 0 Å². The minimum atomic E-state index is -0.257. The average Bonchev–Trinajstić information content (AvgIpc) is 2.69. The van der Waals surface area contributed by atoms with Crippen LogP contribution in [0.5, 0.6) is 0 Å². The number of nitrogens with one attached hydrogen (secondary N) is 1. The zero-order valence-electron chi connectivity index (χ0n) is 14.8. The molecule has 1 saturated carbocycles. The maximum Gasteiger partial charge on any atom is 0.236 e. The molecular weight excluding hydrogens is 340 g/mol. The van der Waals surface area contributed by atoms with E-state index in [0.29, 0.717) is 11.2 Å². The molecule has 26 heavy (non-hydrogen) atoms. The lowest BCUT2D eigenvalue weighted by molar-refractivity contribution is -0.124. The predicted octanol–water partition coefficient (Wildman–Crippen LogP) is 4.56. The number of carbonyl (C=O) groups is 1. The Hall–Kier alpha value is -2.20. The van der Waals surface area contributed by atoms with Crippen molar-refractivity contribution < 1.29 is 4.79 Å². The summed E-state index contributed by atoms with van der Waals surface area (Å²) >= 11 is 5.66. The monoisotopic (exact) mass is 364 g/mol. The van der Waals surface area contributed by atoms with Crippen LogP contribution in [0.25, 0.3) is 0 Å². The van der Waals surface area contributed by atoms with E-state index in [2.05, 4.69) is 22.3 Å². The second-order valence-corrected chi connectivity index (χ2v) is 7.62. The molecule has 1 aliphatic heterocycles. The highest BCUT2D eigenvalue weighted by atomic mass is 32.1. The smallest absolute Gasteiger partial charge is 0.236 e. The molecule has 2 aliphatic rings. The standard InChI is InChI=1S/C22H24N2OS/c25-21-19(16-10-4-1-5-11-16)20(17-12-6-2-7-13-17)24(22(26)23-21)18-14-8-3-9-15-18/h1-2,4-7,10-13,18-20H,3,8-9,14-15H2,(H,23,25,26)/t19-,20-/m0/s1. The van der Waals surface area contributed by atoms with Crippen LogP contribution in [-0.4, -0.2) is 22.0 Å². The Morgan fingerprint density at radius 3 is 2.04 bits per heavy atom. The summed E-state index contributed by atoms with van der Waals surface area (Å²) in [5, 5.41) is 3.58. The molecule has 4 heteroatoms. The number of amides is 1. The predicted molar refractivity (Wildman–Crippen MR) is 108 cm³/mol. The van der Waals surface area contributed by atoms with Gasteiger partial charge in [0.1, 0.15) is 0 Å². The first-order chi connectivity index (χ1) is 12.8. The van der Waals surface area contributed by atoms with Crippen LogP contribution in [0.3, 0.4) is 0 Å². The molecule has 0 radical (unpaired) electrons. The molecule has 2 aromatic rings. The van der Waals surface area contributed by atoms with Gasteiger partial charge in [0.05, 0.1) is 12.0 Å². The summed E-state index contributed by atoms with van der Waals surface area (Å²) in [7, 11) is 0. The van der Waals surface area contributed by atoms with Gasteiger partial charge in [-0.25, -0.2) is 0 Å². The van der Waals surface area contributed by atoms with Crippen molar-refractivity contribution in [3.8, 4) is 0 Å². The molecule has 4 rings (SSSR count). The summed E-state index contributed by atoms with van der Waals surface area (Å²) in [6, 6.07) is 20.8. The Morgan fingerprint density at radius 1 is 0.846 bits per heavy atom. The number of rotatable bonds is 3. The number of nitrogens with zero attached hydrogens (tertiary/aromatic N) is 1. The zero-order valence-corrected chi connectivity index (χ0v) is 15.6. The van der Waals surface area contributed by atoms with E-state index in [0.717, 1.165) is 24.0 Å². The molecule has 3 nitrogen and oxygen atoms in total. The Balaban J connectivity index is 1.81. The second kappa shape index (κ2) is 7.58. The Bertz CT molecular complexity index is 771. The molecule has 2 aromatic carbocycles. The molecular formula is C22H24N2OS. The fourth-order valence-corrected chi connectivity index (χ4v) is 4.79. The molecule has 0 unspecified atom stereocenters. The van der Waals surface area contributed by atoms with E-state index in [4.69, 9.17) is 12.2 Å². The molecule has 0 spiro atoms. The van der Waals surface area contributed by atoms with Gasteiger partial charge >= 0.3 is 0 Å². The van der Waals surface area contributed by atoms with Gasteiger partial charge in [0.2, 0.25) is 5.91 Å². The summed E-state index contributed by atoms with van der Waals surface area (Å²) in [6.45, 7) is 0. The molecule has 0 bridgehead atoms. The molecule has 1 aliphatic carbocycles. The van der Waals surface area contributed by atoms with Crippen LogP contribution in [0, 0.1) is 0 Å². The van der Waals surface area contributed by atoms with Gasteiger partial charge in [-0.1, -0.05) is 79.9 Å². The lowest BCUT2D eigenvalue weighted by Crippen LogP contribution is -2.58. The third-order valence-electron chi connectivity index (χ3n) is 5.63. The van der Waals surface area contributed by atoms with E-state index in [1.165, 1.54) is 19.3 Å². The topological polar surface area (TPSA) is 32.3 Å². The highest BCUT2D eigenvalue weighted by molar-refractivity contribution is 7.80. The first-order valence-corrected chi connectivity index (χ1v) is 9.89. The van der Waals surface area contributed by atoms with Crippen LogP contribution in [0.15, 0.2) is 60.7 Å². The van der Waals surface area contributed by atoms with Crippen LogP contribution >= 0.6 is 12.2 Å². The third kappa shape index (κ3) is 3.26. The van der Waals surface area contributed by atoms with E-state index in [1.54, 1.807) is 0 Å². The average molecular weight is 365 g/mol. The van der Waals surface area contributed by atoms with E-state index in [1.807, 2.05) is 48.5 Å². The fraction of sp³-hybridized carbons (Fsp3) is 0.364. The summed E-state index contributed by atoms with van der Waals surface area (Å²) < 4.78 is 0. The van der Waals surface area contributed by atoms with Crippen molar-refractivity contribution in [3.63, 3.8) is 0 Å². The maximum atomic E-state index is 13.0. The van der Waals surface area contributed by atoms with E-state index < -0.39 is 0 Å². The molecule has 1 saturated heterocycles. The third-order valence-corrected chi connectivity index (χ3v) is 5.94. The molecule has 2 atom stereocenters. The van der Waals surface area contributed by atoms with Gasteiger partial charge in [-0.3, -0.25) is 4.79 Å². The van der Waals surface area contributed by atoms with Crippen LogP contribution < -0.4 is 5.32 Å². The van der Waals surface area contributed by atoms with E-state index in [9.17, 15) is 4.79 Å². The van der Waals surface area contributed by atoms with Crippen molar-refractivity contribution in [2.75, 3.05) is 0 Å². The van der Waals surface area contributed by atoms with Crippen LogP contribution in [-0.2, 0) is 4.79 Å². The highest BCUT2D eigenvalue weighted by Gasteiger charge is 2.44. The molecule has 134 valence electrons. The second-order valence-electron chi connectivity index (χ2n) is 7.24. The Morgan fingerprint density at radius 2 is 1.42 bits per heavy atom. The molecule has 1 amide bonds. The van der Waals surface area contributed by atoms with Gasteiger partial charge in [-0.05, 0) is 36.2 Å². The lowest BCUT2D eigenvalue weighted by atomic mass is 9.81. The number of thiocarbonyl (C=S) groups is 1. The molecule has 1 heterocycles. The zero-order chi connectivity index (χ0) is 17.9. The molecule has 2 fully saturated rings. The first kappa shape index (κ1) is 17.2. The minimum Gasteiger partial charge on any atom is -0.338 e. The molecule has 0 aromatic heterocycles. The summed E-state index contributed by atoms with van der Waals surface area (Å²) in [5.74, 6) is -0.255. The van der Waals surface area contributed by atoms with Crippen LogP contribution in [0.4, 0.5) is 0 Å². The quantitative estimate of drug-likeness (QED) is 0.810. The number of hydrogen-bond acceptors (Lipinski definition) is 2. The minimum absolute atomic E-state index is 0.00196. The number of hydrogen-bond donors (Lipinski definition) is 1. The number of carbonyl (C=O) groups excluding carboxylic acids is 1. The Labute approximate surface area is 160 Å². The van der Waals surface area contributed by atoms with E-state index in [-0.39, 0.29) is 17.9 Å². The van der Waals surface area contributed by atoms with Gasteiger partial charge in [-0.15, -0.1) is 0 Å². The van der Waals surface area contributed by atoms with Crippen molar-refractivity contribution in [3.05, 3.63) is 71.8 Å². The van der Waals surface area contributed by atoms with Crippen molar-refractivity contribution in [2.45, 2.75) is 50.1 Å². The van der Waals surface area contributed by atoms with Gasteiger partial charge < -0.3 is 10.2 Å². The van der Waals surface area contributed by atoms with Crippen molar-refractivity contribution >= 4 is 23.2 Å². The fourth-order valence-electron chi connectivity index (χ4n) is 4.43. The SMILES string of the molecule is O=C1NC(=S)N(C2CCCCC2)[C@@H](c2ccccc2)[C@@H]1c1ccccc1. The maximum absolute atomic E-state index is 13.0. The molecule has 1 N–H and O–H groups in total. The number of benzene rings is 2. The van der Waals surface area contributed by atoms with Gasteiger partial charge in [0.25, 0.3) is 0 Å². The first-order valence-electron chi connectivity index (χ1n) is 9.49. The highest BCUT2D eigenvalue weighted by Crippen LogP contribution is 2.42. The largest absolute Gasteiger partial charge is 0.338 e. The summed E-state index contributed by atoms with van der Waals surface area (Å²) in [4.78, 5) is 15.3. The van der Waals surface area contributed by atoms with Crippen molar-refractivity contribution in [2.24, 2.45) is 0 Å². The van der Waals surface area contributed by atoms with Crippen molar-refractivity contribution in [1.82, 2.24) is 10.2 Å². The van der Waals surface area contributed by atoms with E-state index >= 15 is 0 Å². The summed E-state index contributed by atoms with van der Waals surface area (Å²) in [6.07, 6.45) is 6.04. The Kier molecular flexibility index (Phi) is 5.02. The summed E-state index contributed by atoms with van der Waals surface area (Å²) in [5.41, 5.74) is 2.20. The lowest BCUT2D eigenvalue weighted by Gasteiger charge is -2.47. The normalized spacial score (nSPS) is 24.4.